The topological polar surface area (TPSA) is 122 Å². The van der Waals surface area contributed by atoms with E-state index in [1.165, 1.54) is 55.5 Å². The summed E-state index contributed by atoms with van der Waals surface area (Å²) < 4.78 is 10.6. The van der Waals surface area contributed by atoms with Crippen LogP contribution in [0.1, 0.15) is 27.6 Å². The molecule has 24 heavy (non-hydrogen) atoms. The summed E-state index contributed by atoms with van der Waals surface area (Å²) in [5.41, 5.74) is 10.9. The monoisotopic (exact) mass is 328 g/mol. The Morgan fingerprint density at radius 3 is 1.62 bits per heavy atom. The number of nitrogens with two attached hydrogens (primary N) is 2. The number of hydrogen-bond acceptors (Lipinski definition) is 5. The summed E-state index contributed by atoms with van der Waals surface area (Å²) in [4.78, 5) is 34.0. The zero-order chi connectivity index (χ0) is 17.7. The fourth-order valence-corrected chi connectivity index (χ4v) is 1.84. The number of hydrogen-bond donors (Lipinski definition) is 2. The molecule has 0 bridgehead atoms. The lowest BCUT2D eigenvalue weighted by molar-refractivity contribution is -0.141. The summed E-state index contributed by atoms with van der Waals surface area (Å²) in [6, 6.07) is 11.9. The van der Waals surface area contributed by atoms with Crippen LogP contribution >= 0.6 is 0 Å². The van der Waals surface area contributed by atoms with Gasteiger partial charge in [-0.1, -0.05) is 0 Å². The predicted octanol–water partition coefficient (Wildman–Crippen LogP) is 1.26. The van der Waals surface area contributed by atoms with Crippen molar-refractivity contribution in [3.05, 3.63) is 59.7 Å². The number of carbonyl (C=O) groups excluding carboxylic acids is 3. The molecule has 2 aromatic rings. The van der Waals surface area contributed by atoms with Crippen LogP contribution in [-0.4, -0.2) is 23.9 Å². The highest BCUT2D eigenvalue weighted by Gasteiger charge is 2.17. The van der Waals surface area contributed by atoms with Crippen molar-refractivity contribution in [2.24, 2.45) is 11.5 Å². The van der Waals surface area contributed by atoms with Crippen molar-refractivity contribution < 1.29 is 23.9 Å². The summed E-state index contributed by atoms with van der Waals surface area (Å²) in [6.45, 7) is 1.53. The Balaban J connectivity index is 1.96. The van der Waals surface area contributed by atoms with E-state index in [-0.39, 0.29) is 5.75 Å². The van der Waals surface area contributed by atoms with E-state index in [2.05, 4.69) is 0 Å². The van der Waals surface area contributed by atoms with Crippen LogP contribution in [0.25, 0.3) is 0 Å². The van der Waals surface area contributed by atoms with Crippen LogP contribution in [0.5, 0.6) is 11.5 Å². The zero-order valence-electron chi connectivity index (χ0n) is 12.9. The molecule has 0 spiro atoms. The molecule has 7 heteroatoms. The first kappa shape index (κ1) is 17.0. The molecule has 0 aromatic heterocycles. The van der Waals surface area contributed by atoms with Gasteiger partial charge in [0, 0.05) is 11.1 Å². The first-order chi connectivity index (χ1) is 11.4. The summed E-state index contributed by atoms with van der Waals surface area (Å²) in [7, 11) is 0. The van der Waals surface area contributed by atoms with Gasteiger partial charge in [-0.2, -0.15) is 0 Å². The van der Waals surface area contributed by atoms with Crippen LogP contribution in [0.3, 0.4) is 0 Å². The van der Waals surface area contributed by atoms with Crippen molar-refractivity contribution >= 4 is 17.8 Å². The smallest absolute Gasteiger partial charge is 0.352 e. The van der Waals surface area contributed by atoms with Gasteiger partial charge in [0.2, 0.25) is 11.8 Å². The Hall–Kier alpha value is -3.35. The number of primary amides is 2. The van der Waals surface area contributed by atoms with Crippen molar-refractivity contribution in [1.82, 2.24) is 0 Å². The van der Waals surface area contributed by atoms with Crippen molar-refractivity contribution in [1.29, 1.82) is 0 Å². The lowest BCUT2D eigenvalue weighted by atomic mass is 10.2. The molecular weight excluding hydrogens is 312 g/mol. The van der Waals surface area contributed by atoms with E-state index in [1.807, 2.05) is 0 Å². The van der Waals surface area contributed by atoms with Crippen LogP contribution in [0.15, 0.2) is 48.5 Å². The molecule has 0 aliphatic rings. The SMILES string of the molecule is CC(Oc1ccc(C(N)=O)cc1)C(=O)Oc1ccc(C(N)=O)cc1. The van der Waals surface area contributed by atoms with Crippen molar-refractivity contribution in [2.75, 3.05) is 0 Å². The lowest BCUT2D eigenvalue weighted by Crippen LogP contribution is -2.28. The van der Waals surface area contributed by atoms with E-state index < -0.39 is 23.9 Å². The largest absolute Gasteiger partial charge is 0.479 e. The molecule has 0 radical (unpaired) electrons. The van der Waals surface area contributed by atoms with E-state index >= 15 is 0 Å². The third-order valence-electron chi connectivity index (χ3n) is 3.14. The molecule has 2 rings (SSSR count). The van der Waals surface area contributed by atoms with Gasteiger partial charge in [0.15, 0.2) is 6.10 Å². The quantitative estimate of drug-likeness (QED) is 0.610. The second-order valence-electron chi connectivity index (χ2n) is 4.96. The lowest BCUT2D eigenvalue weighted by Gasteiger charge is -2.14. The van der Waals surface area contributed by atoms with Gasteiger partial charge >= 0.3 is 5.97 Å². The molecule has 1 atom stereocenters. The average Bonchev–Trinajstić information content (AvgIpc) is 2.55. The van der Waals surface area contributed by atoms with Crippen molar-refractivity contribution in [3.8, 4) is 11.5 Å². The zero-order valence-corrected chi connectivity index (χ0v) is 12.9. The maximum Gasteiger partial charge on any atom is 0.352 e. The minimum atomic E-state index is -0.875. The molecule has 124 valence electrons. The van der Waals surface area contributed by atoms with E-state index in [4.69, 9.17) is 20.9 Å². The first-order valence-corrected chi connectivity index (χ1v) is 7.05. The number of amides is 2. The third kappa shape index (κ3) is 4.33. The van der Waals surface area contributed by atoms with Gasteiger partial charge in [-0.3, -0.25) is 9.59 Å². The van der Waals surface area contributed by atoms with E-state index in [0.717, 1.165) is 0 Å². The molecule has 2 amide bonds. The van der Waals surface area contributed by atoms with Gasteiger partial charge in [0.1, 0.15) is 11.5 Å². The Bertz CT molecular complexity index is 754. The van der Waals surface area contributed by atoms with Gasteiger partial charge in [-0.25, -0.2) is 4.79 Å². The third-order valence-corrected chi connectivity index (χ3v) is 3.14. The van der Waals surface area contributed by atoms with Gasteiger partial charge < -0.3 is 20.9 Å². The number of ether oxygens (including phenoxy) is 2. The highest BCUT2D eigenvalue weighted by atomic mass is 16.6. The van der Waals surface area contributed by atoms with E-state index in [0.29, 0.717) is 16.9 Å². The molecule has 0 heterocycles. The van der Waals surface area contributed by atoms with E-state index in [1.54, 1.807) is 0 Å². The highest BCUT2D eigenvalue weighted by molar-refractivity contribution is 5.93. The van der Waals surface area contributed by atoms with Crippen molar-refractivity contribution in [2.45, 2.75) is 13.0 Å². The normalized spacial score (nSPS) is 11.4. The van der Waals surface area contributed by atoms with Crippen LogP contribution in [0, 0.1) is 0 Å². The maximum absolute atomic E-state index is 12.0. The van der Waals surface area contributed by atoms with Gasteiger partial charge in [-0.05, 0) is 55.5 Å². The number of esters is 1. The molecule has 0 saturated heterocycles. The van der Waals surface area contributed by atoms with Gasteiger partial charge in [0.05, 0.1) is 0 Å². The standard InChI is InChI=1S/C17H16N2O5/c1-10(23-13-6-2-11(3-7-13)15(18)20)17(22)24-14-8-4-12(5-9-14)16(19)21/h2-10H,1H3,(H2,18,20)(H2,19,21). The fourth-order valence-electron chi connectivity index (χ4n) is 1.84. The molecule has 1 unspecified atom stereocenters. The van der Waals surface area contributed by atoms with Crippen LogP contribution < -0.4 is 20.9 Å². The molecule has 4 N–H and O–H groups in total. The van der Waals surface area contributed by atoms with Crippen LogP contribution in [-0.2, 0) is 4.79 Å². The highest BCUT2D eigenvalue weighted by Crippen LogP contribution is 2.16. The summed E-state index contributed by atoms with van der Waals surface area (Å²) >= 11 is 0. The summed E-state index contributed by atoms with van der Waals surface area (Å²) in [5, 5.41) is 0. The number of rotatable bonds is 6. The maximum atomic E-state index is 12.0. The molecule has 0 fully saturated rings. The predicted molar refractivity (Wildman–Crippen MR) is 85.6 cm³/mol. The minimum Gasteiger partial charge on any atom is -0.479 e. The van der Waals surface area contributed by atoms with Gasteiger partial charge in [0.25, 0.3) is 0 Å². The van der Waals surface area contributed by atoms with E-state index in [9.17, 15) is 14.4 Å². The molecule has 0 aliphatic carbocycles. The Kier molecular flexibility index (Phi) is 5.16. The second kappa shape index (κ2) is 7.28. The Morgan fingerprint density at radius 1 is 0.792 bits per heavy atom. The minimum absolute atomic E-state index is 0.268. The van der Waals surface area contributed by atoms with Gasteiger partial charge in [-0.15, -0.1) is 0 Å². The fraction of sp³-hybridized carbons (Fsp3) is 0.118. The van der Waals surface area contributed by atoms with Crippen LogP contribution in [0.2, 0.25) is 0 Å². The number of carbonyl (C=O) groups is 3. The Labute approximate surface area is 138 Å². The first-order valence-electron chi connectivity index (χ1n) is 7.05. The Morgan fingerprint density at radius 2 is 1.21 bits per heavy atom. The molecular formula is C17H16N2O5. The molecule has 0 aliphatic heterocycles. The van der Waals surface area contributed by atoms with Crippen molar-refractivity contribution in [3.63, 3.8) is 0 Å². The van der Waals surface area contributed by atoms with Crippen LogP contribution in [0.4, 0.5) is 0 Å². The summed E-state index contributed by atoms with van der Waals surface area (Å²) in [6.07, 6.45) is -0.875. The number of benzene rings is 2. The molecule has 0 saturated carbocycles. The molecule has 2 aromatic carbocycles. The second-order valence-corrected chi connectivity index (χ2v) is 4.96. The molecule has 7 nitrogen and oxygen atoms in total. The average molecular weight is 328 g/mol. The summed E-state index contributed by atoms with van der Waals surface area (Å²) in [5.74, 6) is -1.06.